The molecule has 0 bridgehead atoms. The molecule has 0 aliphatic heterocycles. The maximum Gasteiger partial charge on any atom is 0.255 e. The Bertz CT molecular complexity index is 689. The number of nitrogens with one attached hydrogen (secondary N) is 1. The van der Waals surface area contributed by atoms with Crippen LogP contribution in [0.4, 0.5) is 0 Å². The van der Waals surface area contributed by atoms with Crippen molar-refractivity contribution in [1.29, 1.82) is 0 Å². The molecule has 1 N–H and O–H groups in total. The lowest BCUT2D eigenvalue weighted by Crippen LogP contribution is -2.24. The quantitative estimate of drug-likeness (QED) is 0.845. The van der Waals surface area contributed by atoms with Gasteiger partial charge in [-0.2, -0.15) is 0 Å². The Kier molecular flexibility index (Phi) is 5.89. The van der Waals surface area contributed by atoms with Gasteiger partial charge in [0.1, 0.15) is 23.0 Å². The summed E-state index contributed by atoms with van der Waals surface area (Å²) in [5.74, 6) is 2.04. The number of methoxy groups -OCH3 is 4. The summed E-state index contributed by atoms with van der Waals surface area (Å²) in [5, 5.41) is 2.86. The van der Waals surface area contributed by atoms with E-state index in [1.165, 1.54) is 7.11 Å². The average molecular weight is 331 g/mol. The monoisotopic (exact) mass is 331 g/mol. The molecule has 0 aliphatic carbocycles. The molecular weight excluding hydrogens is 310 g/mol. The Morgan fingerprint density at radius 2 is 1.46 bits per heavy atom. The summed E-state index contributed by atoms with van der Waals surface area (Å²) in [6, 6.07) is 10.5. The predicted octanol–water partition coefficient (Wildman–Crippen LogP) is 2.65. The number of hydrogen-bond donors (Lipinski definition) is 1. The third kappa shape index (κ3) is 3.71. The van der Waals surface area contributed by atoms with Gasteiger partial charge in [0.25, 0.3) is 5.91 Å². The van der Waals surface area contributed by atoms with E-state index in [0.717, 1.165) is 5.56 Å². The third-order valence-electron chi connectivity index (χ3n) is 3.59. The Balaban J connectivity index is 2.23. The zero-order chi connectivity index (χ0) is 17.5. The smallest absolute Gasteiger partial charge is 0.255 e. The number of para-hydroxylation sites is 1. The first-order valence-corrected chi connectivity index (χ1v) is 7.34. The van der Waals surface area contributed by atoms with Crippen molar-refractivity contribution >= 4 is 5.91 Å². The highest BCUT2D eigenvalue weighted by Crippen LogP contribution is 2.34. The summed E-state index contributed by atoms with van der Waals surface area (Å²) >= 11 is 0. The lowest BCUT2D eigenvalue weighted by Gasteiger charge is -2.16. The predicted molar refractivity (Wildman–Crippen MR) is 90.3 cm³/mol. The van der Waals surface area contributed by atoms with E-state index in [0.29, 0.717) is 28.6 Å². The van der Waals surface area contributed by atoms with Crippen LogP contribution in [-0.4, -0.2) is 34.3 Å². The van der Waals surface area contributed by atoms with Gasteiger partial charge in [-0.1, -0.05) is 12.1 Å². The second-order valence-corrected chi connectivity index (χ2v) is 4.89. The van der Waals surface area contributed by atoms with Gasteiger partial charge in [-0.25, -0.2) is 0 Å². The van der Waals surface area contributed by atoms with Crippen LogP contribution in [0.5, 0.6) is 23.0 Å². The van der Waals surface area contributed by atoms with Gasteiger partial charge in [-0.05, 0) is 12.1 Å². The SMILES string of the molecule is COc1cc(OC)c(CNC(=O)c2ccccc2OC)c(OC)c1. The van der Waals surface area contributed by atoms with Crippen molar-refractivity contribution in [2.24, 2.45) is 0 Å². The molecule has 6 nitrogen and oxygen atoms in total. The van der Waals surface area contributed by atoms with E-state index >= 15 is 0 Å². The molecule has 0 unspecified atom stereocenters. The number of benzene rings is 2. The minimum absolute atomic E-state index is 0.243. The van der Waals surface area contributed by atoms with E-state index in [1.54, 1.807) is 51.7 Å². The van der Waals surface area contributed by atoms with Crippen LogP contribution in [0.2, 0.25) is 0 Å². The summed E-state index contributed by atoms with van der Waals surface area (Å²) in [4.78, 5) is 12.4. The van der Waals surface area contributed by atoms with Gasteiger partial charge in [0, 0.05) is 12.1 Å². The number of carbonyl (C=O) groups excluding carboxylic acids is 1. The van der Waals surface area contributed by atoms with Gasteiger partial charge in [-0.3, -0.25) is 4.79 Å². The molecule has 0 fully saturated rings. The second kappa shape index (κ2) is 8.10. The Morgan fingerprint density at radius 3 is 2.00 bits per heavy atom. The van der Waals surface area contributed by atoms with Crippen LogP contribution in [-0.2, 0) is 6.54 Å². The van der Waals surface area contributed by atoms with Crippen LogP contribution in [0, 0.1) is 0 Å². The zero-order valence-electron chi connectivity index (χ0n) is 14.2. The molecule has 0 spiro atoms. The molecule has 0 aliphatic rings. The summed E-state index contributed by atoms with van der Waals surface area (Å²) in [6.07, 6.45) is 0. The highest BCUT2D eigenvalue weighted by molar-refractivity contribution is 5.96. The fraction of sp³-hybridized carbons (Fsp3) is 0.278. The highest BCUT2D eigenvalue weighted by Gasteiger charge is 2.16. The molecule has 2 aromatic rings. The van der Waals surface area contributed by atoms with E-state index < -0.39 is 0 Å². The van der Waals surface area contributed by atoms with Crippen molar-refractivity contribution in [1.82, 2.24) is 5.32 Å². The van der Waals surface area contributed by atoms with Crippen LogP contribution in [0.15, 0.2) is 36.4 Å². The number of amides is 1. The Morgan fingerprint density at radius 1 is 0.875 bits per heavy atom. The number of ether oxygens (including phenoxy) is 4. The summed E-state index contributed by atoms with van der Waals surface area (Å²) < 4.78 is 21.2. The van der Waals surface area contributed by atoms with Gasteiger partial charge in [0.05, 0.1) is 46.1 Å². The standard InChI is InChI=1S/C18H21NO5/c1-21-12-9-16(23-3)14(17(10-12)24-4)11-19-18(20)13-7-5-6-8-15(13)22-2/h5-10H,11H2,1-4H3,(H,19,20). The molecule has 6 heteroatoms. The van der Waals surface area contributed by atoms with Crippen LogP contribution in [0.1, 0.15) is 15.9 Å². The molecule has 0 saturated heterocycles. The molecule has 0 radical (unpaired) electrons. The number of rotatable bonds is 7. The summed E-state index contributed by atoms with van der Waals surface area (Å²) in [7, 11) is 6.21. The van der Waals surface area contributed by atoms with Crippen LogP contribution >= 0.6 is 0 Å². The van der Waals surface area contributed by atoms with Crippen molar-refractivity contribution in [2.45, 2.75) is 6.54 Å². The molecule has 2 rings (SSSR count). The van der Waals surface area contributed by atoms with Crippen LogP contribution < -0.4 is 24.3 Å². The second-order valence-electron chi connectivity index (χ2n) is 4.89. The Hall–Kier alpha value is -2.89. The normalized spacial score (nSPS) is 10.0. The lowest BCUT2D eigenvalue weighted by molar-refractivity contribution is 0.0947. The lowest BCUT2D eigenvalue weighted by atomic mass is 10.1. The first kappa shape index (κ1) is 17.5. The minimum atomic E-state index is -0.243. The van der Waals surface area contributed by atoms with Gasteiger partial charge in [-0.15, -0.1) is 0 Å². The van der Waals surface area contributed by atoms with Crippen molar-refractivity contribution in [3.63, 3.8) is 0 Å². The van der Waals surface area contributed by atoms with E-state index in [-0.39, 0.29) is 12.5 Å². The van der Waals surface area contributed by atoms with Crippen molar-refractivity contribution in [2.75, 3.05) is 28.4 Å². The molecule has 2 aromatic carbocycles. The molecule has 1 amide bonds. The molecule has 0 aromatic heterocycles. The zero-order valence-corrected chi connectivity index (χ0v) is 14.2. The van der Waals surface area contributed by atoms with Gasteiger partial charge in [0.2, 0.25) is 0 Å². The fourth-order valence-corrected chi connectivity index (χ4v) is 2.35. The maximum atomic E-state index is 12.4. The number of hydrogen-bond acceptors (Lipinski definition) is 5. The van der Waals surface area contributed by atoms with E-state index in [1.807, 2.05) is 6.07 Å². The topological polar surface area (TPSA) is 66.0 Å². The van der Waals surface area contributed by atoms with Gasteiger partial charge in [0.15, 0.2) is 0 Å². The molecule has 0 atom stereocenters. The Labute approximate surface area is 141 Å². The maximum absolute atomic E-state index is 12.4. The van der Waals surface area contributed by atoms with Crippen LogP contribution in [0.25, 0.3) is 0 Å². The van der Waals surface area contributed by atoms with E-state index in [9.17, 15) is 4.79 Å². The minimum Gasteiger partial charge on any atom is -0.496 e. The van der Waals surface area contributed by atoms with Gasteiger partial charge < -0.3 is 24.3 Å². The van der Waals surface area contributed by atoms with E-state index in [2.05, 4.69) is 5.32 Å². The highest BCUT2D eigenvalue weighted by atomic mass is 16.5. The van der Waals surface area contributed by atoms with Crippen LogP contribution in [0.3, 0.4) is 0 Å². The molecule has 128 valence electrons. The van der Waals surface area contributed by atoms with Gasteiger partial charge >= 0.3 is 0 Å². The molecular formula is C18H21NO5. The van der Waals surface area contributed by atoms with Crippen molar-refractivity contribution in [3.05, 3.63) is 47.5 Å². The summed E-state index contributed by atoms with van der Waals surface area (Å²) in [5.41, 5.74) is 1.19. The van der Waals surface area contributed by atoms with Crippen molar-refractivity contribution in [3.8, 4) is 23.0 Å². The largest absolute Gasteiger partial charge is 0.496 e. The molecule has 24 heavy (non-hydrogen) atoms. The average Bonchev–Trinajstić information content (AvgIpc) is 2.65. The number of carbonyl (C=O) groups is 1. The summed E-state index contributed by atoms with van der Waals surface area (Å²) in [6.45, 7) is 0.243. The van der Waals surface area contributed by atoms with E-state index in [4.69, 9.17) is 18.9 Å². The molecule has 0 heterocycles. The van der Waals surface area contributed by atoms with Crippen molar-refractivity contribution < 1.29 is 23.7 Å². The fourth-order valence-electron chi connectivity index (χ4n) is 2.35. The molecule has 0 saturated carbocycles. The first-order chi connectivity index (χ1) is 11.6. The first-order valence-electron chi connectivity index (χ1n) is 7.34. The third-order valence-corrected chi connectivity index (χ3v) is 3.59.